The Kier molecular flexibility index (Phi) is 4.90. The molecule has 1 aliphatic heterocycles. The Morgan fingerprint density at radius 1 is 1.57 bits per heavy atom. The highest BCUT2D eigenvalue weighted by molar-refractivity contribution is 5.72. The summed E-state index contributed by atoms with van der Waals surface area (Å²) < 4.78 is 0. The quantitative estimate of drug-likeness (QED) is 0.670. The van der Waals surface area contributed by atoms with Crippen LogP contribution in [0.2, 0.25) is 0 Å². The van der Waals surface area contributed by atoms with Gasteiger partial charge < -0.3 is 10.4 Å². The number of hydrogen-bond acceptors (Lipinski definition) is 3. The molecule has 82 valence electrons. The molecular weight excluding hydrogens is 180 g/mol. The van der Waals surface area contributed by atoms with Crippen molar-refractivity contribution in [3.63, 3.8) is 0 Å². The molecule has 0 radical (unpaired) electrons. The van der Waals surface area contributed by atoms with Crippen molar-refractivity contribution in [1.29, 1.82) is 0 Å². The van der Waals surface area contributed by atoms with Crippen LogP contribution < -0.4 is 5.32 Å². The predicted molar refractivity (Wildman–Crippen MR) is 55.0 cm³/mol. The summed E-state index contributed by atoms with van der Waals surface area (Å²) >= 11 is 0. The highest BCUT2D eigenvalue weighted by Gasteiger charge is 2.21. The third-order valence-electron chi connectivity index (χ3n) is 2.72. The Labute approximate surface area is 85.3 Å². The van der Waals surface area contributed by atoms with Gasteiger partial charge in [-0.2, -0.15) is 0 Å². The van der Waals surface area contributed by atoms with Crippen molar-refractivity contribution >= 4 is 5.91 Å². The summed E-state index contributed by atoms with van der Waals surface area (Å²) in [6, 6.07) is 0.416. The van der Waals surface area contributed by atoms with Gasteiger partial charge in [0.25, 0.3) is 0 Å². The lowest BCUT2D eigenvalue weighted by Crippen LogP contribution is -2.47. The molecule has 0 aromatic heterocycles. The van der Waals surface area contributed by atoms with Gasteiger partial charge >= 0.3 is 0 Å². The van der Waals surface area contributed by atoms with E-state index in [-0.39, 0.29) is 12.5 Å². The van der Waals surface area contributed by atoms with E-state index in [9.17, 15) is 4.79 Å². The number of nitrogens with zero attached hydrogens (tertiary/aromatic N) is 1. The average molecular weight is 200 g/mol. The van der Waals surface area contributed by atoms with E-state index in [1.54, 1.807) is 6.92 Å². The summed E-state index contributed by atoms with van der Waals surface area (Å²) in [5, 5.41) is 11.7. The van der Waals surface area contributed by atoms with E-state index in [2.05, 4.69) is 10.2 Å². The van der Waals surface area contributed by atoms with Crippen LogP contribution in [0.1, 0.15) is 26.2 Å². The molecule has 14 heavy (non-hydrogen) atoms. The first kappa shape index (κ1) is 11.5. The molecule has 1 atom stereocenters. The lowest BCUT2D eigenvalue weighted by molar-refractivity contribution is -0.119. The number of piperidine rings is 1. The summed E-state index contributed by atoms with van der Waals surface area (Å²) in [4.78, 5) is 13.0. The maximum atomic E-state index is 10.8. The lowest BCUT2D eigenvalue weighted by Gasteiger charge is -2.35. The molecule has 0 bridgehead atoms. The Morgan fingerprint density at radius 3 is 3.00 bits per heavy atom. The molecule has 1 saturated heterocycles. The molecular formula is C10H20N2O2. The molecule has 2 N–H and O–H groups in total. The summed E-state index contributed by atoms with van der Waals surface area (Å²) in [6.45, 7) is 4.24. The van der Waals surface area contributed by atoms with E-state index >= 15 is 0 Å². The van der Waals surface area contributed by atoms with Crippen LogP contribution >= 0.6 is 0 Å². The van der Waals surface area contributed by atoms with Crippen LogP contribution in [0.4, 0.5) is 0 Å². The van der Waals surface area contributed by atoms with Gasteiger partial charge in [0, 0.05) is 26.1 Å². The highest BCUT2D eigenvalue weighted by atomic mass is 16.3. The normalized spacial score (nSPS) is 23.4. The van der Waals surface area contributed by atoms with Crippen molar-refractivity contribution in [2.24, 2.45) is 0 Å². The van der Waals surface area contributed by atoms with Crippen molar-refractivity contribution in [3.05, 3.63) is 0 Å². The Bertz CT molecular complexity index is 183. The number of rotatable bonds is 4. The second-order valence-corrected chi connectivity index (χ2v) is 3.85. The fourth-order valence-electron chi connectivity index (χ4n) is 1.98. The zero-order valence-electron chi connectivity index (χ0n) is 8.83. The Hall–Kier alpha value is -0.610. The van der Waals surface area contributed by atoms with Crippen LogP contribution in [-0.2, 0) is 4.79 Å². The molecule has 4 heteroatoms. The molecule has 0 aromatic rings. The van der Waals surface area contributed by atoms with Crippen molar-refractivity contribution < 1.29 is 9.90 Å². The van der Waals surface area contributed by atoms with Gasteiger partial charge in [-0.3, -0.25) is 9.69 Å². The Balaban J connectivity index is 2.33. The number of likely N-dealkylation sites (tertiary alicyclic amines) is 1. The topological polar surface area (TPSA) is 52.6 Å². The first-order valence-electron chi connectivity index (χ1n) is 5.33. The second-order valence-electron chi connectivity index (χ2n) is 3.85. The van der Waals surface area contributed by atoms with Gasteiger partial charge in [-0.25, -0.2) is 0 Å². The number of carbonyl (C=O) groups is 1. The first-order valence-corrected chi connectivity index (χ1v) is 5.33. The molecule has 1 rings (SSSR count). The van der Waals surface area contributed by atoms with Crippen LogP contribution in [-0.4, -0.2) is 48.2 Å². The van der Waals surface area contributed by atoms with Gasteiger partial charge in [-0.1, -0.05) is 6.42 Å². The van der Waals surface area contributed by atoms with Gasteiger partial charge in [-0.05, 0) is 19.4 Å². The van der Waals surface area contributed by atoms with Crippen molar-refractivity contribution in [1.82, 2.24) is 10.2 Å². The summed E-state index contributed by atoms with van der Waals surface area (Å²) in [7, 11) is 0. The van der Waals surface area contributed by atoms with Crippen LogP contribution in [0, 0.1) is 0 Å². The predicted octanol–water partition coefficient (Wildman–Crippen LogP) is -0.0307. The lowest BCUT2D eigenvalue weighted by atomic mass is 10.0. The number of β-amino-alcohol motifs (C(OH)–C–C–N with tert-alkyl or cyclic N) is 1. The zero-order valence-corrected chi connectivity index (χ0v) is 8.83. The summed E-state index contributed by atoms with van der Waals surface area (Å²) in [6.07, 6.45) is 3.56. The smallest absolute Gasteiger partial charge is 0.216 e. The van der Waals surface area contributed by atoms with Crippen LogP contribution in [0.3, 0.4) is 0 Å². The van der Waals surface area contributed by atoms with Gasteiger partial charge in [0.05, 0.1) is 6.61 Å². The van der Waals surface area contributed by atoms with Crippen LogP contribution in [0.15, 0.2) is 0 Å². The molecule has 0 aliphatic carbocycles. The number of amides is 1. The van der Waals surface area contributed by atoms with E-state index in [0.717, 1.165) is 26.1 Å². The van der Waals surface area contributed by atoms with Crippen LogP contribution in [0.5, 0.6) is 0 Å². The minimum absolute atomic E-state index is 0.0273. The zero-order chi connectivity index (χ0) is 10.4. The number of aliphatic hydroxyl groups is 1. The van der Waals surface area contributed by atoms with E-state index in [4.69, 9.17) is 5.11 Å². The number of aliphatic hydroxyl groups excluding tert-OH is 1. The number of carbonyl (C=O) groups excluding carboxylic acids is 1. The number of hydrogen-bond donors (Lipinski definition) is 2. The standard InChI is InChI=1S/C10H20N2O2/c1-9(14)11-8-10-4-2-3-5-12(10)6-7-13/h10,13H,2-8H2,1H3,(H,11,14). The largest absolute Gasteiger partial charge is 0.395 e. The van der Waals surface area contributed by atoms with Crippen molar-refractivity contribution in [2.75, 3.05) is 26.2 Å². The third-order valence-corrected chi connectivity index (χ3v) is 2.72. The number of nitrogens with one attached hydrogen (secondary N) is 1. The molecule has 1 heterocycles. The van der Waals surface area contributed by atoms with E-state index in [0.29, 0.717) is 6.04 Å². The molecule has 1 amide bonds. The molecule has 1 fully saturated rings. The summed E-state index contributed by atoms with van der Waals surface area (Å²) in [5.41, 5.74) is 0. The molecule has 0 spiro atoms. The van der Waals surface area contributed by atoms with Crippen molar-refractivity contribution in [2.45, 2.75) is 32.2 Å². The second kappa shape index (κ2) is 5.98. The van der Waals surface area contributed by atoms with E-state index < -0.39 is 0 Å². The molecule has 4 nitrogen and oxygen atoms in total. The average Bonchev–Trinajstić information content (AvgIpc) is 2.17. The fraction of sp³-hybridized carbons (Fsp3) is 0.900. The van der Waals surface area contributed by atoms with Gasteiger partial charge in [0.2, 0.25) is 5.91 Å². The van der Waals surface area contributed by atoms with Crippen molar-refractivity contribution in [3.8, 4) is 0 Å². The first-order chi connectivity index (χ1) is 6.74. The minimum atomic E-state index is 0.0273. The fourth-order valence-corrected chi connectivity index (χ4v) is 1.98. The third kappa shape index (κ3) is 3.64. The van der Waals surface area contributed by atoms with Gasteiger partial charge in [0.1, 0.15) is 0 Å². The molecule has 0 aromatic carbocycles. The maximum absolute atomic E-state index is 10.8. The molecule has 1 unspecified atom stereocenters. The van der Waals surface area contributed by atoms with Gasteiger partial charge in [0.15, 0.2) is 0 Å². The van der Waals surface area contributed by atoms with E-state index in [1.165, 1.54) is 12.8 Å². The SMILES string of the molecule is CC(=O)NCC1CCCCN1CCO. The van der Waals surface area contributed by atoms with E-state index in [1.807, 2.05) is 0 Å². The summed E-state index contributed by atoms with van der Waals surface area (Å²) in [5.74, 6) is 0.0273. The van der Waals surface area contributed by atoms with Crippen LogP contribution in [0.25, 0.3) is 0 Å². The Morgan fingerprint density at radius 2 is 2.36 bits per heavy atom. The monoisotopic (exact) mass is 200 g/mol. The van der Waals surface area contributed by atoms with Gasteiger partial charge in [-0.15, -0.1) is 0 Å². The molecule has 1 aliphatic rings. The highest BCUT2D eigenvalue weighted by Crippen LogP contribution is 2.15. The molecule has 0 saturated carbocycles. The minimum Gasteiger partial charge on any atom is -0.395 e. The maximum Gasteiger partial charge on any atom is 0.216 e.